The summed E-state index contributed by atoms with van der Waals surface area (Å²) in [6.45, 7) is 0.514. The number of aromatic nitrogens is 1. The van der Waals surface area contributed by atoms with Gasteiger partial charge in [-0.2, -0.15) is 0 Å². The van der Waals surface area contributed by atoms with E-state index in [0.717, 1.165) is 28.3 Å². The molecule has 1 amide bonds. The predicted octanol–water partition coefficient (Wildman–Crippen LogP) is 4.86. The van der Waals surface area contributed by atoms with Crippen LogP contribution < -0.4 is 5.32 Å². The fraction of sp³-hybridized carbons (Fsp3) is 0.160. The SMILES string of the molecule is O=C(NCCC=Cc1nccc(C(=O)O)c1F)OCC1c2ccccc2-c2ccccc21. The van der Waals surface area contributed by atoms with Crippen molar-refractivity contribution in [2.45, 2.75) is 12.3 Å². The molecule has 0 spiro atoms. The van der Waals surface area contributed by atoms with Gasteiger partial charge >= 0.3 is 12.1 Å². The highest BCUT2D eigenvalue weighted by atomic mass is 19.1. The number of ether oxygens (including phenoxy) is 1. The Kier molecular flexibility index (Phi) is 6.26. The number of fused-ring (bicyclic) bond motifs is 3. The van der Waals surface area contributed by atoms with Crippen LogP contribution in [-0.2, 0) is 4.74 Å². The number of rotatable bonds is 7. The van der Waals surface area contributed by atoms with E-state index in [-0.39, 0.29) is 24.8 Å². The molecule has 0 fully saturated rings. The van der Waals surface area contributed by atoms with Crippen LogP contribution in [0.15, 0.2) is 66.9 Å². The Hall–Kier alpha value is -4.00. The predicted molar refractivity (Wildman–Crippen MR) is 118 cm³/mol. The molecule has 162 valence electrons. The summed E-state index contributed by atoms with van der Waals surface area (Å²) >= 11 is 0. The first-order chi connectivity index (χ1) is 15.6. The Balaban J connectivity index is 1.28. The summed E-state index contributed by atoms with van der Waals surface area (Å²) in [5, 5.41) is 11.6. The van der Waals surface area contributed by atoms with Gasteiger partial charge in [0.25, 0.3) is 0 Å². The van der Waals surface area contributed by atoms with Crippen LogP contribution in [0.1, 0.15) is 39.5 Å². The molecule has 6 nitrogen and oxygen atoms in total. The number of carboxylic acids is 1. The zero-order valence-corrected chi connectivity index (χ0v) is 17.1. The van der Waals surface area contributed by atoms with Crippen LogP contribution in [0.5, 0.6) is 0 Å². The maximum absolute atomic E-state index is 14.0. The molecule has 32 heavy (non-hydrogen) atoms. The van der Waals surface area contributed by atoms with Gasteiger partial charge in [0.05, 0.1) is 11.3 Å². The molecule has 0 bridgehead atoms. The van der Waals surface area contributed by atoms with E-state index < -0.39 is 23.4 Å². The number of aromatic carboxylic acids is 1. The number of alkyl carbamates (subject to hydrolysis) is 1. The van der Waals surface area contributed by atoms with E-state index in [1.807, 2.05) is 24.3 Å². The van der Waals surface area contributed by atoms with E-state index in [9.17, 15) is 14.0 Å². The van der Waals surface area contributed by atoms with Gasteiger partial charge < -0.3 is 15.2 Å². The lowest BCUT2D eigenvalue weighted by Crippen LogP contribution is -2.26. The fourth-order valence-corrected chi connectivity index (χ4v) is 3.84. The van der Waals surface area contributed by atoms with E-state index in [1.165, 1.54) is 12.3 Å². The third-order valence-electron chi connectivity index (χ3n) is 5.35. The van der Waals surface area contributed by atoms with Gasteiger partial charge in [0.2, 0.25) is 0 Å². The second kappa shape index (κ2) is 9.43. The second-order valence-electron chi connectivity index (χ2n) is 7.31. The third kappa shape index (κ3) is 4.37. The Labute approximate surface area is 184 Å². The first-order valence-electron chi connectivity index (χ1n) is 10.2. The lowest BCUT2D eigenvalue weighted by molar-refractivity contribution is 0.0691. The molecule has 0 saturated carbocycles. The average Bonchev–Trinajstić information content (AvgIpc) is 3.12. The number of nitrogens with zero attached hydrogens (tertiary/aromatic N) is 1. The normalized spacial score (nSPS) is 12.4. The number of carbonyl (C=O) groups is 2. The summed E-state index contributed by atoms with van der Waals surface area (Å²) in [7, 11) is 0. The molecule has 3 aromatic rings. The van der Waals surface area contributed by atoms with Crippen molar-refractivity contribution in [3.8, 4) is 11.1 Å². The van der Waals surface area contributed by atoms with E-state index in [4.69, 9.17) is 9.84 Å². The van der Waals surface area contributed by atoms with Crippen LogP contribution in [0.3, 0.4) is 0 Å². The minimum Gasteiger partial charge on any atom is -0.478 e. The standard InChI is InChI=1S/C25H21FN2O4/c26-23-20(24(29)30)12-14-27-22(23)11-5-6-13-28-25(31)32-15-21-18-9-3-1-7-16(18)17-8-2-4-10-19(17)21/h1-5,7-12,14,21H,6,13,15H2,(H,28,31)(H,29,30). The molecule has 1 aliphatic carbocycles. The largest absolute Gasteiger partial charge is 0.478 e. The zero-order chi connectivity index (χ0) is 22.5. The molecule has 0 unspecified atom stereocenters. The lowest BCUT2D eigenvalue weighted by atomic mass is 9.98. The number of pyridine rings is 1. The Bertz CT molecular complexity index is 1150. The monoisotopic (exact) mass is 432 g/mol. The van der Waals surface area contributed by atoms with Crippen LogP contribution >= 0.6 is 0 Å². The van der Waals surface area contributed by atoms with Crippen molar-refractivity contribution in [1.29, 1.82) is 0 Å². The van der Waals surface area contributed by atoms with Gasteiger partial charge in [-0.25, -0.2) is 14.0 Å². The molecule has 0 radical (unpaired) electrons. The summed E-state index contributed by atoms with van der Waals surface area (Å²) in [6, 6.07) is 17.3. The van der Waals surface area contributed by atoms with Crippen molar-refractivity contribution in [2.24, 2.45) is 0 Å². The third-order valence-corrected chi connectivity index (χ3v) is 5.35. The Morgan fingerprint density at radius 2 is 1.72 bits per heavy atom. The molecule has 1 aromatic heterocycles. The van der Waals surface area contributed by atoms with Gasteiger partial charge in [0, 0.05) is 18.7 Å². The lowest BCUT2D eigenvalue weighted by Gasteiger charge is -2.14. The van der Waals surface area contributed by atoms with Gasteiger partial charge in [-0.05, 0) is 40.8 Å². The minimum absolute atomic E-state index is 0.0105. The molecule has 0 atom stereocenters. The number of hydrogen-bond donors (Lipinski definition) is 2. The van der Waals surface area contributed by atoms with Crippen molar-refractivity contribution in [3.05, 3.63) is 95.1 Å². The summed E-state index contributed by atoms with van der Waals surface area (Å²) in [6.07, 6.45) is 4.11. The first-order valence-corrected chi connectivity index (χ1v) is 10.2. The van der Waals surface area contributed by atoms with Crippen molar-refractivity contribution < 1.29 is 23.8 Å². The quantitative estimate of drug-likeness (QED) is 0.521. The summed E-state index contributed by atoms with van der Waals surface area (Å²) < 4.78 is 19.5. The highest BCUT2D eigenvalue weighted by Crippen LogP contribution is 2.44. The van der Waals surface area contributed by atoms with E-state index in [2.05, 4.69) is 34.6 Å². The Morgan fingerprint density at radius 1 is 1.06 bits per heavy atom. The summed E-state index contributed by atoms with van der Waals surface area (Å²) in [5.41, 5.74) is 4.11. The number of nitrogens with one attached hydrogen (secondary N) is 1. The maximum atomic E-state index is 14.0. The summed E-state index contributed by atoms with van der Waals surface area (Å²) in [4.78, 5) is 26.9. The number of hydrogen-bond acceptors (Lipinski definition) is 4. The topological polar surface area (TPSA) is 88.5 Å². The number of carbonyl (C=O) groups excluding carboxylic acids is 1. The molecule has 1 aliphatic rings. The molecular weight excluding hydrogens is 411 g/mol. The van der Waals surface area contributed by atoms with Crippen LogP contribution in [0.4, 0.5) is 9.18 Å². The van der Waals surface area contributed by atoms with Crippen LogP contribution in [0, 0.1) is 5.82 Å². The highest BCUT2D eigenvalue weighted by Gasteiger charge is 2.28. The average molecular weight is 432 g/mol. The smallest absolute Gasteiger partial charge is 0.407 e. The van der Waals surface area contributed by atoms with Crippen molar-refractivity contribution in [3.63, 3.8) is 0 Å². The summed E-state index contributed by atoms with van der Waals surface area (Å²) in [5.74, 6) is -2.25. The van der Waals surface area contributed by atoms with E-state index >= 15 is 0 Å². The van der Waals surface area contributed by atoms with Crippen molar-refractivity contribution in [1.82, 2.24) is 10.3 Å². The van der Waals surface area contributed by atoms with Crippen LogP contribution in [-0.4, -0.2) is 35.3 Å². The maximum Gasteiger partial charge on any atom is 0.407 e. The molecule has 7 heteroatoms. The van der Waals surface area contributed by atoms with Crippen LogP contribution in [0.25, 0.3) is 17.2 Å². The molecular formula is C25H21FN2O4. The molecule has 0 aliphatic heterocycles. The van der Waals surface area contributed by atoms with Gasteiger partial charge in [0.1, 0.15) is 6.61 Å². The second-order valence-corrected chi connectivity index (χ2v) is 7.31. The minimum atomic E-state index is -1.35. The van der Waals surface area contributed by atoms with Crippen molar-refractivity contribution in [2.75, 3.05) is 13.2 Å². The molecule has 2 N–H and O–H groups in total. The Morgan fingerprint density at radius 3 is 2.38 bits per heavy atom. The first kappa shape index (κ1) is 21.2. The molecule has 1 heterocycles. The number of benzene rings is 2. The molecule has 2 aromatic carbocycles. The van der Waals surface area contributed by atoms with Gasteiger partial charge in [-0.15, -0.1) is 0 Å². The van der Waals surface area contributed by atoms with E-state index in [1.54, 1.807) is 6.08 Å². The van der Waals surface area contributed by atoms with Gasteiger partial charge in [0.15, 0.2) is 5.82 Å². The fourth-order valence-electron chi connectivity index (χ4n) is 3.84. The zero-order valence-electron chi connectivity index (χ0n) is 17.1. The number of carboxylic acid groups (broad SMARTS) is 1. The van der Waals surface area contributed by atoms with Crippen molar-refractivity contribution >= 4 is 18.1 Å². The molecule has 4 rings (SSSR count). The highest BCUT2D eigenvalue weighted by molar-refractivity contribution is 5.88. The number of halogens is 1. The number of amides is 1. The van der Waals surface area contributed by atoms with Gasteiger partial charge in [-0.1, -0.05) is 54.6 Å². The van der Waals surface area contributed by atoms with E-state index in [0.29, 0.717) is 6.42 Å². The molecule has 0 saturated heterocycles. The van der Waals surface area contributed by atoms with Gasteiger partial charge in [-0.3, -0.25) is 4.98 Å². The van der Waals surface area contributed by atoms with Crippen LogP contribution in [0.2, 0.25) is 0 Å².